The van der Waals surface area contributed by atoms with Crippen molar-refractivity contribution in [3.63, 3.8) is 0 Å². The number of aromatic amines is 1. The molecular formula is C24H21N2O7-. The van der Waals surface area contributed by atoms with E-state index >= 15 is 0 Å². The summed E-state index contributed by atoms with van der Waals surface area (Å²) in [4.78, 5) is 39.9. The summed E-state index contributed by atoms with van der Waals surface area (Å²) in [5.74, 6) is -2.15. The highest BCUT2D eigenvalue weighted by atomic mass is 16.4. The van der Waals surface area contributed by atoms with Crippen LogP contribution >= 0.6 is 0 Å². The number of hydrogen-bond donors (Lipinski definition) is 4. The summed E-state index contributed by atoms with van der Waals surface area (Å²) in [6, 6.07) is 6.36. The molecule has 170 valence electrons. The number of carbonyl (C=O) groups excluding carboxylic acids is 2. The predicted octanol–water partition coefficient (Wildman–Crippen LogP) is 1.32. The van der Waals surface area contributed by atoms with Gasteiger partial charge in [-0.05, 0) is 55.3 Å². The molecule has 4 aromatic rings. The molecule has 2 aromatic carbocycles. The Balaban J connectivity index is 1.58. The van der Waals surface area contributed by atoms with Gasteiger partial charge >= 0.3 is 5.63 Å². The van der Waals surface area contributed by atoms with Crippen molar-refractivity contribution in [3.05, 3.63) is 69.2 Å². The predicted molar refractivity (Wildman–Crippen MR) is 118 cm³/mol. The number of fused-ring (bicyclic) bond motifs is 2. The van der Waals surface area contributed by atoms with E-state index in [2.05, 4.69) is 10.3 Å². The van der Waals surface area contributed by atoms with Crippen LogP contribution in [0.4, 0.5) is 0 Å². The molecule has 2 aromatic heterocycles. The van der Waals surface area contributed by atoms with E-state index in [1.165, 1.54) is 18.2 Å². The van der Waals surface area contributed by atoms with Crippen LogP contribution in [0.1, 0.15) is 22.3 Å². The molecule has 0 spiro atoms. The number of phenols is 2. The number of aromatic nitrogens is 1. The van der Waals surface area contributed by atoms with Crippen molar-refractivity contribution >= 4 is 33.7 Å². The Kier molecular flexibility index (Phi) is 5.55. The van der Waals surface area contributed by atoms with Crippen molar-refractivity contribution in [2.24, 2.45) is 0 Å². The van der Waals surface area contributed by atoms with Crippen LogP contribution in [0.3, 0.4) is 0 Å². The lowest BCUT2D eigenvalue weighted by molar-refractivity contribution is -0.308. The van der Waals surface area contributed by atoms with Crippen LogP contribution in [0.25, 0.3) is 21.9 Å². The van der Waals surface area contributed by atoms with Gasteiger partial charge in [-0.25, -0.2) is 4.79 Å². The number of aliphatic carboxylic acids is 1. The number of phenolic OH excluding ortho intramolecular Hbond substituents is 2. The number of hydrogen-bond acceptors (Lipinski definition) is 7. The van der Waals surface area contributed by atoms with Gasteiger partial charge in [0.2, 0.25) is 5.91 Å². The van der Waals surface area contributed by atoms with Crippen molar-refractivity contribution in [3.8, 4) is 11.5 Å². The zero-order valence-corrected chi connectivity index (χ0v) is 17.9. The van der Waals surface area contributed by atoms with Crippen LogP contribution in [0.5, 0.6) is 11.5 Å². The third kappa shape index (κ3) is 4.12. The molecular weight excluding hydrogens is 428 g/mol. The molecule has 0 fully saturated rings. The number of rotatable bonds is 6. The topological polar surface area (TPSA) is 156 Å². The Labute approximate surface area is 187 Å². The van der Waals surface area contributed by atoms with Crippen LogP contribution in [0.15, 0.2) is 45.7 Å². The van der Waals surface area contributed by atoms with Crippen LogP contribution in [0, 0.1) is 13.8 Å². The monoisotopic (exact) mass is 449 g/mol. The summed E-state index contributed by atoms with van der Waals surface area (Å²) in [5.41, 5.74) is 1.79. The first-order valence-electron chi connectivity index (χ1n) is 10.2. The van der Waals surface area contributed by atoms with Crippen molar-refractivity contribution in [1.29, 1.82) is 0 Å². The van der Waals surface area contributed by atoms with Crippen LogP contribution in [0.2, 0.25) is 0 Å². The molecule has 0 saturated carbocycles. The number of H-pyrrole nitrogens is 1. The largest absolute Gasteiger partial charge is 0.548 e. The number of aromatic hydroxyl groups is 2. The molecule has 0 aliphatic heterocycles. The maximum atomic E-state index is 12.7. The van der Waals surface area contributed by atoms with Crippen LogP contribution < -0.4 is 16.0 Å². The van der Waals surface area contributed by atoms with E-state index in [4.69, 9.17) is 4.42 Å². The molecule has 0 saturated heterocycles. The van der Waals surface area contributed by atoms with Gasteiger partial charge in [0.05, 0.1) is 24.0 Å². The minimum Gasteiger partial charge on any atom is -0.548 e. The van der Waals surface area contributed by atoms with E-state index in [1.54, 1.807) is 32.2 Å². The van der Waals surface area contributed by atoms with Crippen molar-refractivity contribution in [2.45, 2.75) is 32.7 Å². The van der Waals surface area contributed by atoms with E-state index in [0.29, 0.717) is 33.0 Å². The molecule has 0 aliphatic rings. The van der Waals surface area contributed by atoms with E-state index in [-0.39, 0.29) is 35.5 Å². The molecule has 0 unspecified atom stereocenters. The lowest BCUT2D eigenvalue weighted by Gasteiger charge is -2.20. The van der Waals surface area contributed by atoms with Gasteiger partial charge in [0.25, 0.3) is 0 Å². The first-order valence-corrected chi connectivity index (χ1v) is 10.2. The molecule has 9 nitrogen and oxygen atoms in total. The van der Waals surface area contributed by atoms with Gasteiger partial charge in [-0.1, -0.05) is 0 Å². The number of benzene rings is 2. The van der Waals surface area contributed by atoms with E-state index in [9.17, 15) is 29.7 Å². The van der Waals surface area contributed by atoms with Gasteiger partial charge < -0.3 is 34.8 Å². The van der Waals surface area contributed by atoms with Gasteiger partial charge in [-0.15, -0.1) is 0 Å². The fourth-order valence-electron chi connectivity index (χ4n) is 3.94. The SMILES string of the molecule is Cc1c(CC(=O)N[C@H](Cc2c[nH]c3ccc(O)cc23)C(=O)[O-])c(=O)oc2c(C)c(O)ccc12. The maximum Gasteiger partial charge on any atom is 0.340 e. The molecule has 0 aliphatic carbocycles. The highest BCUT2D eigenvalue weighted by Gasteiger charge is 2.21. The average Bonchev–Trinajstić information content (AvgIpc) is 3.15. The molecule has 9 heteroatoms. The highest BCUT2D eigenvalue weighted by molar-refractivity contribution is 5.89. The van der Waals surface area contributed by atoms with E-state index in [0.717, 1.165) is 0 Å². The third-order valence-corrected chi connectivity index (χ3v) is 5.81. The second-order valence-corrected chi connectivity index (χ2v) is 7.94. The Morgan fingerprint density at radius 1 is 1.12 bits per heavy atom. The fraction of sp³-hybridized carbons (Fsp3) is 0.208. The maximum absolute atomic E-state index is 12.7. The number of amides is 1. The minimum atomic E-state index is -1.48. The van der Waals surface area contributed by atoms with Crippen molar-refractivity contribution in [2.75, 3.05) is 0 Å². The average molecular weight is 449 g/mol. The molecule has 0 radical (unpaired) electrons. The summed E-state index contributed by atoms with van der Waals surface area (Å²) in [7, 11) is 0. The Morgan fingerprint density at radius 2 is 1.88 bits per heavy atom. The Hall–Kier alpha value is -4.27. The minimum absolute atomic E-state index is 0.0158. The summed E-state index contributed by atoms with van der Waals surface area (Å²) in [5, 5.41) is 34.9. The molecule has 4 rings (SSSR count). The molecule has 4 N–H and O–H groups in total. The smallest absolute Gasteiger partial charge is 0.340 e. The normalized spacial score (nSPS) is 12.2. The summed E-state index contributed by atoms with van der Waals surface area (Å²) in [6.07, 6.45) is 1.13. The van der Waals surface area contributed by atoms with Crippen molar-refractivity contribution in [1.82, 2.24) is 10.3 Å². The van der Waals surface area contributed by atoms with Crippen molar-refractivity contribution < 1.29 is 29.3 Å². The van der Waals surface area contributed by atoms with E-state index in [1.807, 2.05) is 0 Å². The second-order valence-electron chi connectivity index (χ2n) is 7.94. The molecule has 0 bridgehead atoms. The second kappa shape index (κ2) is 8.34. The fourth-order valence-corrected chi connectivity index (χ4v) is 3.94. The first kappa shape index (κ1) is 21.9. The van der Waals surface area contributed by atoms with Crippen LogP contribution in [-0.4, -0.2) is 33.1 Å². The highest BCUT2D eigenvalue weighted by Crippen LogP contribution is 2.28. The molecule has 1 amide bonds. The number of carboxylic acid groups (broad SMARTS) is 1. The Bertz CT molecular complexity index is 1470. The quantitative estimate of drug-likeness (QED) is 0.324. The molecule has 2 heterocycles. The zero-order valence-electron chi connectivity index (χ0n) is 17.9. The first-order chi connectivity index (χ1) is 15.7. The molecule has 33 heavy (non-hydrogen) atoms. The number of nitrogens with one attached hydrogen (secondary N) is 2. The Morgan fingerprint density at radius 3 is 2.61 bits per heavy atom. The summed E-state index contributed by atoms with van der Waals surface area (Å²) in [6.45, 7) is 3.27. The lowest BCUT2D eigenvalue weighted by atomic mass is 10.0. The number of aryl methyl sites for hydroxylation is 2. The summed E-state index contributed by atoms with van der Waals surface area (Å²) < 4.78 is 5.33. The summed E-state index contributed by atoms with van der Waals surface area (Å²) >= 11 is 0. The van der Waals surface area contributed by atoms with Gasteiger partial charge in [0.15, 0.2) is 0 Å². The number of carboxylic acids is 1. The van der Waals surface area contributed by atoms with Gasteiger partial charge in [-0.3, -0.25) is 4.79 Å². The van der Waals surface area contributed by atoms with E-state index < -0.39 is 23.5 Å². The molecule has 1 atom stereocenters. The third-order valence-electron chi connectivity index (χ3n) is 5.81. The van der Waals surface area contributed by atoms with Gasteiger partial charge in [0.1, 0.15) is 17.1 Å². The zero-order chi connectivity index (χ0) is 23.9. The lowest BCUT2D eigenvalue weighted by Crippen LogP contribution is -2.49. The van der Waals surface area contributed by atoms with Gasteiger partial charge in [0, 0.05) is 34.5 Å². The van der Waals surface area contributed by atoms with Crippen LogP contribution in [-0.2, 0) is 22.4 Å². The standard InChI is InChI=1S/C24H22N2O7/c1-11-15-4-6-20(28)12(2)22(15)33-24(32)16(11)9-21(29)26-19(23(30)31)7-13-10-25-18-5-3-14(27)8-17(13)18/h3-6,8,10,19,25,27-28H,7,9H2,1-2H3,(H,26,29)(H,30,31)/p-1/t19-/m1/s1. The van der Waals surface area contributed by atoms with Gasteiger partial charge in [-0.2, -0.15) is 0 Å². The number of carbonyl (C=O) groups is 2.